The SMILES string of the molecule is Cc1cc(C)n2nc(CC(=O)N3CC4CCC(C3)O4)nc2n1. The normalized spacial score (nSPS) is 24.2. The van der Waals surface area contributed by atoms with Crippen LogP contribution in [0.2, 0.25) is 0 Å². The zero-order valence-electron chi connectivity index (χ0n) is 12.8. The first-order valence-corrected chi connectivity index (χ1v) is 7.71. The zero-order valence-corrected chi connectivity index (χ0v) is 12.8. The molecule has 2 aromatic heterocycles. The topological polar surface area (TPSA) is 72.6 Å². The van der Waals surface area contributed by atoms with Gasteiger partial charge in [0.15, 0.2) is 5.82 Å². The van der Waals surface area contributed by atoms with Crippen molar-refractivity contribution in [2.45, 2.75) is 45.3 Å². The number of amides is 1. The molecule has 1 amide bonds. The van der Waals surface area contributed by atoms with E-state index in [9.17, 15) is 4.79 Å². The molecule has 0 N–H and O–H groups in total. The monoisotopic (exact) mass is 301 g/mol. The lowest BCUT2D eigenvalue weighted by Crippen LogP contribution is -2.46. The maximum Gasteiger partial charge on any atom is 0.252 e. The van der Waals surface area contributed by atoms with Crippen LogP contribution in [-0.2, 0) is 16.0 Å². The molecule has 2 unspecified atom stereocenters. The van der Waals surface area contributed by atoms with E-state index < -0.39 is 0 Å². The Bertz CT molecular complexity index is 729. The second-order valence-corrected chi connectivity index (χ2v) is 6.21. The minimum Gasteiger partial charge on any atom is -0.371 e. The van der Waals surface area contributed by atoms with Gasteiger partial charge in [0.1, 0.15) is 0 Å². The molecule has 4 heterocycles. The molecule has 116 valence electrons. The highest BCUT2D eigenvalue weighted by Crippen LogP contribution is 2.26. The molecule has 2 atom stereocenters. The van der Waals surface area contributed by atoms with Gasteiger partial charge in [-0.25, -0.2) is 9.50 Å². The highest BCUT2D eigenvalue weighted by Gasteiger charge is 2.35. The third-order valence-corrected chi connectivity index (χ3v) is 4.37. The molecule has 0 aliphatic carbocycles. The fourth-order valence-electron chi connectivity index (χ4n) is 3.35. The van der Waals surface area contributed by atoms with Crippen LogP contribution in [0.5, 0.6) is 0 Å². The van der Waals surface area contributed by atoms with Crippen LogP contribution in [0.4, 0.5) is 0 Å². The van der Waals surface area contributed by atoms with Crippen LogP contribution in [0.25, 0.3) is 5.78 Å². The van der Waals surface area contributed by atoms with Crippen molar-refractivity contribution in [3.8, 4) is 0 Å². The van der Waals surface area contributed by atoms with Crippen LogP contribution in [0.3, 0.4) is 0 Å². The molecular formula is C15H19N5O2. The summed E-state index contributed by atoms with van der Waals surface area (Å²) in [7, 11) is 0. The molecule has 7 nitrogen and oxygen atoms in total. The quantitative estimate of drug-likeness (QED) is 0.815. The first kappa shape index (κ1) is 13.6. The first-order valence-electron chi connectivity index (χ1n) is 7.71. The van der Waals surface area contributed by atoms with Crippen LogP contribution >= 0.6 is 0 Å². The van der Waals surface area contributed by atoms with E-state index in [0.29, 0.717) is 24.7 Å². The highest BCUT2D eigenvalue weighted by atomic mass is 16.5. The smallest absolute Gasteiger partial charge is 0.252 e. The summed E-state index contributed by atoms with van der Waals surface area (Å²) in [5, 5.41) is 4.41. The lowest BCUT2D eigenvalue weighted by Gasteiger charge is -2.31. The van der Waals surface area contributed by atoms with Gasteiger partial charge in [-0.3, -0.25) is 4.79 Å². The van der Waals surface area contributed by atoms with E-state index in [2.05, 4.69) is 15.1 Å². The van der Waals surface area contributed by atoms with Crippen molar-refractivity contribution < 1.29 is 9.53 Å². The molecule has 0 spiro atoms. The summed E-state index contributed by atoms with van der Waals surface area (Å²) in [5.41, 5.74) is 1.87. The van der Waals surface area contributed by atoms with Crippen molar-refractivity contribution in [1.29, 1.82) is 0 Å². The standard InChI is InChI=1S/C15H19N5O2/c1-9-5-10(2)20-15(16-9)17-13(18-20)6-14(21)19-7-11-3-4-12(8-19)22-11/h5,11-12H,3-4,6-8H2,1-2H3. The number of hydrogen-bond donors (Lipinski definition) is 0. The number of nitrogens with zero attached hydrogens (tertiary/aromatic N) is 5. The Hall–Kier alpha value is -2.02. The maximum atomic E-state index is 12.5. The number of hydrogen-bond acceptors (Lipinski definition) is 5. The molecule has 22 heavy (non-hydrogen) atoms. The summed E-state index contributed by atoms with van der Waals surface area (Å²) in [6.07, 6.45) is 2.76. The highest BCUT2D eigenvalue weighted by molar-refractivity contribution is 5.78. The Morgan fingerprint density at radius 3 is 2.73 bits per heavy atom. The lowest BCUT2D eigenvalue weighted by atomic mass is 10.2. The fraction of sp³-hybridized carbons (Fsp3) is 0.600. The van der Waals surface area contributed by atoms with Gasteiger partial charge in [0, 0.05) is 24.5 Å². The minimum atomic E-state index is 0.0745. The first-order chi connectivity index (χ1) is 10.6. The number of ether oxygens (including phenoxy) is 1. The van der Waals surface area contributed by atoms with Gasteiger partial charge in [-0.05, 0) is 32.8 Å². The van der Waals surface area contributed by atoms with Crippen LogP contribution in [0.15, 0.2) is 6.07 Å². The average Bonchev–Trinajstić information content (AvgIpc) is 3.01. The number of aromatic nitrogens is 4. The van der Waals surface area contributed by atoms with Crippen molar-refractivity contribution in [2.24, 2.45) is 0 Å². The number of fused-ring (bicyclic) bond motifs is 3. The summed E-state index contributed by atoms with van der Waals surface area (Å²) < 4.78 is 7.46. The van der Waals surface area contributed by atoms with Crippen molar-refractivity contribution in [2.75, 3.05) is 13.1 Å². The molecule has 0 aromatic carbocycles. The Kier molecular flexibility index (Phi) is 3.11. The Labute approximate surface area is 128 Å². The second-order valence-electron chi connectivity index (χ2n) is 6.21. The lowest BCUT2D eigenvalue weighted by molar-refractivity contribution is -0.139. The molecule has 4 rings (SSSR count). The van der Waals surface area contributed by atoms with Gasteiger partial charge in [0.2, 0.25) is 5.91 Å². The predicted molar refractivity (Wildman–Crippen MR) is 78.4 cm³/mol. The molecular weight excluding hydrogens is 282 g/mol. The Morgan fingerprint density at radius 2 is 2.00 bits per heavy atom. The number of carbonyl (C=O) groups excluding carboxylic acids is 1. The second kappa shape index (κ2) is 5.01. The van der Waals surface area contributed by atoms with Crippen molar-refractivity contribution in [3.05, 3.63) is 23.3 Å². The number of morpholine rings is 1. The van der Waals surface area contributed by atoms with Crippen LogP contribution in [0, 0.1) is 13.8 Å². The van der Waals surface area contributed by atoms with E-state index in [0.717, 1.165) is 24.2 Å². The van der Waals surface area contributed by atoms with Crippen LogP contribution in [-0.4, -0.2) is 55.7 Å². The number of rotatable bonds is 2. The third kappa shape index (κ3) is 2.35. The largest absolute Gasteiger partial charge is 0.371 e. The third-order valence-electron chi connectivity index (χ3n) is 4.37. The van der Waals surface area contributed by atoms with Gasteiger partial charge in [-0.15, -0.1) is 5.10 Å². The van der Waals surface area contributed by atoms with E-state index in [4.69, 9.17) is 4.74 Å². The molecule has 2 aliphatic rings. The number of aryl methyl sites for hydroxylation is 2. The van der Waals surface area contributed by atoms with Gasteiger partial charge < -0.3 is 9.64 Å². The van der Waals surface area contributed by atoms with Crippen molar-refractivity contribution in [1.82, 2.24) is 24.5 Å². The van der Waals surface area contributed by atoms with Gasteiger partial charge >= 0.3 is 0 Å². The number of carbonyl (C=O) groups is 1. The Balaban J connectivity index is 1.53. The van der Waals surface area contributed by atoms with Gasteiger partial charge in [0.05, 0.1) is 18.6 Å². The minimum absolute atomic E-state index is 0.0745. The van der Waals surface area contributed by atoms with Gasteiger partial charge in [-0.2, -0.15) is 4.98 Å². The Morgan fingerprint density at radius 1 is 1.27 bits per heavy atom. The summed E-state index contributed by atoms with van der Waals surface area (Å²) >= 11 is 0. The van der Waals surface area contributed by atoms with E-state index in [1.165, 1.54) is 0 Å². The summed E-state index contributed by atoms with van der Waals surface area (Å²) in [5.74, 6) is 1.16. The summed E-state index contributed by atoms with van der Waals surface area (Å²) in [4.78, 5) is 23.1. The van der Waals surface area contributed by atoms with Gasteiger partial charge in [0.25, 0.3) is 5.78 Å². The molecule has 2 fully saturated rings. The molecule has 7 heteroatoms. The number of likely N-dealkylation sites (tertiary alicyclic amines) is 1. The van der Waals surface area contributed by atoms with E-state index >= 15 is 0 Å². The predicted octanol–water partition coefficient (Wildman–Crippen LogP) is 0.673. The van der Waals surface area contributed by atoms with E-state index in [-0.39, 0.29) is 24.5 Å². The maximum absolute atomic E-state index is 12.5. The molecule has 2 aliphatic heterocycles. The van der Waals surface area contributed by atoms with Crippen molar-refractivity contribution >= 4 is 11.7 Å². The van der Waals surface area contributed by atoms with Gasteiger partial charge in [-0.1, -0.05) is 0 Å². The molecule has 0 saturated carbocycles. The molecule has 2 saturated heterocycles. The molecule has 0 radical (unpaired) electrons. The fourth-order valence-corrected chi connectivity index (χ4v) is 3.35. The summed E-state index contributed by atoms with van der Waals surface area (Å²) in [6.45, 7) is 5.27. The van der Waals surface area contributed by atoms with E-state index in [1.54, 1.807) is 4.52 Å². The zero-order chi connectivity index (χ0) is 15.3. The molecule has 2 bridgehead atoms. The molecule has 2 aromatic rings. The van der Waals surface area contributed by atoms with E-state index in [1.807, 2.05) is 24.8 Å². The van der Waals surface area contributed by atoms with Crippen LogP contribution in [0.1, 0.15) is 30.1 Å². The van der Waals surface area contributed by atoms with Crippen molar-refractivity contribution in [3.63, 3.8) is 0 Å². The van der Waals surface area contributed by atoms with Crippen LogP contribution < -0.4 is 0 Å². The average molecular weight is 301 g/mol. The summed E-state index contributed by atoms with van der Waals surface area (Å²) in [6, 6.07) is 1.95.